The molecule has 0 spiro atoms. The maximum Gasteiger partial charge on any atom is 0.501 e. The standard InChI is InChI=1S/C10H22O3SSi/c1-5-11-15(12-6-2,13-7-3)10-9-14-8-4/h8H,4-7,9-10H2,1-3H3. The molecule has 0 aromatic heterocycles. The Balaban J connectivity index is 4.24. The zero-order chi connectivity index (χ0) is 11.6. The molecule has 0 heterocycles. The lowest BCUT2D eigenvalue weighted by molar-refractivity contribution is 0.0729. The number of hydrogen-bond acceptors (Lipinski definition) is 4. The van der Waals surface area contributed by atoms with Crippen molar-refractivity contribution in [2.45, 2.75) is 26.8 Å². The zero-order valence-corrected chi connectivity index (χ0v) is 11.8. The van der Waals surface area contributed by atoms with E-state index in [0.29, 0.717) is 19.8 Å². The molecule has 0 amide bonds. The summed E-state index contributed by atoms with van der Waals surface area (Å²) in [7, 11) is -2.40. The normalized spacial score (nSPS) is 11.7. The summed E-state index contributed by atoms with van der Waals surface area (Å²) in [5.41, 5.74) is 0. The summed E-state index contributed by atoms with van der Waals surface area (Å²) in [6, 6.07) is 0.846. The minimum absolute atomic E-state index is 0.644. The van der Waals surface area contributed by atoms with E-state index in [1.54, 1.807) is 11.8 Å². The molecule has 5 heteroatoms. The first-order chi connectivity index (χ1) is 7.24. The Bertz CT molecular complexity index is 150. The third-order valence-corrected chi connectivity index (χ3v) is 5.82. The van der Waals surface area contributed by atoms with E-state index in [1.807, 2.05) is 26.2 Å². The zero-order valence-electron chi connectivity index (χ0n) is 9.95. The molecule has 0 atom stereocenters. The van der Waals surface area contributed by atoms with E-state index in [1.165, 1.54) is 0 Å². The van der Waals surface area contributed by atoms with Crippen LogP contribution in [-0.4, -0.2) is 34.4 Å². The highest BCUT2D eigenvalue weighted by molar-refractivity contribution is 8.02. The Morgan fingerprint density at radius 3 is 1.87 bits per heavy atom. The fourth-order valence-corrected chi connectivity index (χ4v) is 4.91. The topological polar surface area (TPSA) is 27.7 Å². The maximum atomic E-state index is 5.70. The van der Waals surface area contributed by atoms with Crippen LogP contribution in [0.25, 0.3) is 0 Å². The van der Waals surface area contributed by atoms with E-state index >= 15 is 0 Å². The van der Waals surface area contributed by atoms with Gasteiger partial charge in [0.1, 0.15) is 0 Å². The molecule has 15 heavy (non-hydrogen) atoms. The van der Waals surface area contributed by atoms with Crippen LogP contribution >= 0.6 is 11.8 Å². The van der Waals surface area contributed by atoms with Crippen molar-refractivity contribution in [3.8, 4) is 0 Å². The molecule has 0 fully saturated rings. The summed E-state index contributed by atoms with van der Waals surface area (Å²) < 4.78 is 17.1. The summed E-state index contributed by atoms with van der Waals surface area (Å²) in [6.45, 7) is 11.5. The van der Waals surface area contributed by atoms with Crippen molar-refractivity contribution < 1.29 is 13.3 Å². The van der Waals surface area contributed by atoms with Gasteiger partial charge in [-0.1, -0.05) is 6.58 Å². The Kier molecular flexibility index (Phi) is 9.53. The molecule has 0 N–H and O–H groups in total. The van der Waals surface area contributed by atoms with Gasteiger partial charge in [-0.15, -0.1) is 11.8 Å². The van der Waals surface area contributed by atoms with Gasteiger partial charge in [-0.3, -0.25) is 0 Å². The molecular formula is C10H22O3SSi. The Morgan fingerprint density at radius 2 is 1.53 bits per heavy atom. The summed E-state index contributed by atoms with van der Waals surface area (Å²) in [5, 5.41) is 1.84. The molecule has 0 aliphatic rings. The molecule has 0 aromatic rings. The summed E-state index contributed by atoms with van der Waals surface area (Å²) in [5.74, 6) is 0.940. The van der Waals surface area contributed by atoms with Gasteiger partial charge in [0.15, 0.2) is 0 Å². The lowest BCUT2D eigenvalue weighted by atomic mass is 10.9. The second kappa shape index (κ2) is 9.42. The average Bonchev–Trinajstić information content (AvgIpc) is 2.19. The lowest BCUT2D eigenvalue weighted by Crippen LogP contribution is -2.46. The van der Waals surface area contributed by atoms with Crippen molar-refractivity contribution in [1.29, 1.82) is 0 Å². The van der Waals surface area contributed by atoms with Crippen LogP contribution < -0.4 is 0 Å². The van der Waals surface area contributed by atoms with Crippen LogP contribution in [-0.2, 0) is 13.3 Å². The first kappa shape index (κ1) is 15.2. The van der Waals surface area contributed by atoms with Gasteiger partial charge in [-0.25, -0.2) is 0 Å². The summed E-state index contributed by atoms with van der Waals surface area (Å²) >= 11 is 1.67. The van der Waals surface area contributed by atoms with Gasteiger partial charge >= 0.3 is 8.80 Å². The van der Waals surface area contributed by atoms with Crippen molar-refractivity contribution in [2.24, 2.45) is 0 Å². The molecule has 0 aliphatic carbocycles. The number of thioether (sulfide) groups is 1. The van der Waals surface area contributed by atoms with Crippen LogP contribution in [0.2, 0.25) is 6.04 Å². The molecule has 90 valence electrons. The fraction of sp³-hybridized carbons (Fsp3) is 0.800. The molecule has 0 saturated carbocycles. The molecular weight excluding hydrogens is 228 g/mol. The molecule has 0 aromatic carbocycles. The fourth-order valence-electron chi connectivity index (χ4n) is 1.27. The van der Waals surface area contributed by atoms with Gasteiger partial charge in [0, 0.05) is 31.6 Å². The molecule has 3 nitrogen and oxygen atoms in total. The van der Waals surface area contributed by atoms with E-state index in [9.17, 15) is 0 Å². The van der Waals surface area contributed by atoms with E-state index in [0.717, 1.165) is 11.8 Å². The van der Waals surface area contributed by atoms with Crippen molar-refractivity contribution in [1.82, 2.24) is 0 Å². The Morgan fingerprint density at radius 1 is 1.07 bits per heavy atom. The van der Waals surface area contributed by atoms with E-state index < -0.39 is 8.80 Å². The van der Waals surface area contributed by atoms with Crippen LogP contribution in [0.4, 0.5) is 0 Å². The highest BCUT2D eigenvalue weighted by Gasteiger charge is 2.39. The minimum atomic E-state index is -2.40. The predicted molar refractivity (Wildman–Crippen MR) is 68.1 cm³/mol. The Hall–Kier alpha value is 0.187. The van der Waals surface area contributed by atoms with E-state index in [2.05, 4.69) is 6.58 Å². The first-order valence-corrected chi connectivity index (χ1v) is 8.37. The van der Waals surface area contributed by atoms with Gasteiger partial charge in [0.25, 0.3) is 0 Å². The van der Waals surface area contributed by atoms with Gasteiger partial charge in [0.05, 0.1) is 0 Å². The van der Waals surface area contributed by atoms with Crippen molar-refractivity contribution in [3.05, 3.63) is 12.0 Å². The average molecular weight is 250 g/mol. The van der Waals surface area contributed by atoms with E-state index in [-0.39, 0.29) is 0 Å². The van der Waals surface area contributed by atoms with E-state index in [4.69, 9.17) is 13.3 Å². The molecule has 0 rings (SSSR count). The lowest BCUT2D eigenvalue weighted by Gasteiger charge is -2.28. The number of hydrogen-bond donors (Lipinski definition) is 0. The number of rotatable bonds is 10. The third-order valence-electron chi connectivity index (χ3n) is 1.74. The smallest absolute Gasteiger partial charge is 0.374 e. The first-order valence-electron chi connectivity index (χ1n) is 5.39. The summed E-state index contributed by atoms with van der Waals surface area (Å²) in [6.07, 6.45) is 0. The van der Waals surface area contributed by atoms with Crippen molar-refractivity contribution in [3.63, 3.8) is 0 Å². The highest BCUT2D eigenvalue weighted by atomic mass is 32.2. The van der Waals surface area contributed by atoms with Gasteiger partial charge in [-0.05, 0) is 26.2 Å². The molecule has 0 aliphatic heterocycles. The molecule has 0 unspecified atom stereocenters. The highest BCUT2D eigenvalue weighted by Crippen LogP contribution is 2.19. The molecule has 0 bridgehead atoms. The third kappa shape index (κ3) is 6.37. The monoisotopic (exact) mass is 250 g/mol. The predicted octanol–water partition coefficient (Wildman–Crippen LogP) is 2.91. The largest absolute Gasteiger partial charge is 0.501 e. The van der Waals surface area contributed by atoms with Gasteiger partial charge in [-0.2, -0.15) is 0 Å². The van der Waals surface area contributed by atoms with Crippen molar-refractivity contribution >= 4 is 20.6 Å². The summed E-state index contributed by atoms with van der Waals surface area (Å²) in [4.78, 5) is 0. The quantitative estimate of drug-likeness (QED) is 0.440. The van der Waals surface area contributed by atoms with Crippen LogP contribution in [0.1, 0.15) is 20.8 Å². The maximum absolute atomic E-state index is 5.70. The Labute approximate surface area is 98.5 Å². The molecule has 0 radical (unpaired) electrons. The van der Waals surface area contributed by atoms with Crippen LogP contribution in [0.3, 0.4) is 0 Å². The van der Waals surface area contributed by atoms with Gasteiger partial charge in [0.2, 0.25) is 0 Å². The van der Waals surface area contributed by atoms with Gasteiger partial charge < -0.3 is 13.3 Å². The van der Waals surface area contributed by atoms with Crippen LogP contribution in [0.15, 0.2) is 12.0 Å². The molecule has 0 saturated heterocycles. The van der Waals surface area contributed by atoms with Crippen LogP contribution in [0, 0.1) is 0 Å². The second-order valence-corrected chi connectivity index (χ2v) is 6.58. The van der Waals surface area contributed by atoms with Crippen LogP contribution in [0.5, 0.6) is 0 Å². The SMILES string of the molecule is C=CSCC[Si](OCC)(OCC)OCC. The van der Waals surface area contributed by atoms with Crippen molar-refractivity contribution in [2.75, 3.05) is 25.6 Å². The second-order valence-electron chi connectivity index (χ2n) is 2.77. The minimum Gasteiger partial charge on any atom is -0.374 e.